The van der Waals surface area contributed by atoms with Gasteiger partial charge >= 0.3 is 0 Å². The second-order valence-electron chi connectivity index (χ2n) is 4.27. The molecule has 1 aromatic heterocycles. The summed E-state index contributed by atoms with van der Waals surface area (Å²) in [6.45, 7) is 5.46. The molecule has 104 valence electrons. The van der Waals surface area contributed by atoms with Crippen molar-refractivity contribution in [1.82, 2.24) is 10.3 Å². The molecule has 6 heteroatoms. The molecule has 0 aliphatic carbocycles. The summed E-state index contributed by atoms with van der Waals surface area (Å²) in [5, 5.41) is 5.96. The van der Waals surface area contributed by atoms with Crippen LogP contribution >= 0.6 is 11.3 Å². The molecule has 0 spiro atoms. The quantitative estimate of drug-likeness (QED) is 0.828. The fourth-order valence-corrected chi connectivity index (χ4v) is 2.69. The number of nitrogens with zero attached hydrogens (tertiary/aromatic N) is 1. The Bertz CT molecular complexity index is 663. The first-order valence-electron chi connectivity index (χ1n) is 6.13. The minimum Gasteiger partial charge on any atom is -0.352 e. The van der Waals surface area contributed by atoms with E-state index in [1.807, 2.05) is 18.2 Å². The molecule has 0 unspecified atom stereocenters. The van der Waals surface area contributed by atoms with Crippen LogP contribution in [0.25, 0.3) is 10.2 Å². The first-order chi connectivity index (χ1) is 9.58. The van der Waals surface area contributed by atoms with Crippen LogP contribution in [-0.4, -0.2) is 23.3 Å². The molecule has 2 aromatic rings. The molecule has 0 atom stereocenters. The standard InChI is InChI=1S/C14H15N3O2S/c1-3-6-15-13(19)8-10-4-5-11-12(7-10)20-14(17-11)16-9(2)18/h3-5,7H,1,6,8H2,2H3,(H,15,19)(H,16,17,18). The fraction of sp³-hybridized carbons (Fsp3) is 0.214. The van der Waals surface area contributed by atoms with Crippen molar-refractivity contribution in [3.8, 4) is 0 Å². The van der Waals surface area contributed by atoms with Gasteiger partial charge in [0.15, 0.2) is 5.13 Å². The van der Waals surface area contributed by atoms with Gasteiger partial charge in [0, 0.05) is 13.5 Å². The van der Waals surface area contributed by atoms with Crippen molar-refractivity contribution < 1.29 is 9.59 Å². The molecule has 2 N–H and O–H groups in total. The zero-order valence-corrected chi connectivity index (χ0v) is 11.9. The number of benzene rings is 1. The third-order valence-corrected chi connectivity index (χ3v) is 3.48. The Labute approximate surface area is 120 Å². The molecule has 5 nitrogen and oxygen atoms in total. The van der Waals surface area contributed by atoms with Gasteiger partial charge in [0.2, 0.25) is 11.8 Å². The Hall–Kier alpha value is -2.21. The van der Waals surface area contributed by atoms with Crippen LogP contribution in [0.5, 0.6) is 0 Å². The Balaban J connectivity index is 2.14. The lowest BCUT2D eigenvalue weighted by Crippen LogP contribution is -2.24. The van der Waals surface area contributed by atoms with Crippen LogP contribution in [-0.2, 0) is 16.0 Å². The number of hydrogen-bond donors (Lipinski definition) is 2. The first kappa shape index (κ1) is 14.2. The minimum atomic E-state index is -0.145. The van der Waals surface area contributed by atoms with Crippen molar-refractivity contribution in [1.29, 1.82) is 0 Å². The number of hydrogen-bond acceptors (Lipinski definition) is 4. The first-order valence-corrected chi connectivity index (χ1v) is 6.95. The van der Waals surface area contributed by atoms with Gasteiger partial charge in [0.05, 0.1) is 16.6 Å². The van der Waals surface area contributed by atoms with Crippen LogP contribution in [0, 0.1) is 0 Å². The molecule has 0 saturated heterocycles. The van der Waals surface area contributed by atoms with Crippen molar-refractivity contribution in [2.45, 2.75) is 13.3 Å². The number of carbonyl (C=O) groups excluding carboxylic acids is 2. The maximum absolute atomic E-state index is 11.6. The summed E-state index contributed by atoms with van der Waals surface area (Å²) in [4.78, 5) is 26.9. The van der Waals surface area contributed by atoms with Crippen LogP contribution in [0.4, 0.5) is 5.13 Å². The predicted molar refractivity (Wildman–Crippen MR) is 80.8 cm³/mol. The van der Waals surface area contributed by atoms with E-state index in [9.17, 15) is 9.59 Å². The molecule has 0 aliphatic heterocycles. The molecule has 0 aliphatic rings. The van der Waals surface area contributed by atoms with Crippen LogP contribution in [0.2, 0.25) is 0 Å². The van der Waals surface area contributed by atoms with E-state index in [0.29, 0.717) is 18.1 Å². The van der Waals surface area contributed by atoms with Gasteiger partial charge < -0.3 is 10.6 Å². The maximum atomic E-state index is 11.6. The summed E-state index contributed by atoms with van der Waals surface area (Å²) < 4.78 is 0.947. The summed E-state index contributed by atoms with van der Waals surface area (Å²) in [6, 6.07) is 5.65. The lowest BCUT2D eigenvalue weighted by atomic mass is 10.1. The highest BCUT2D eigenvalue weighted by Gasteiger charge is 2.08. The molecule has 1 heterocycles. The normalized spacial score (nSPS) is 10.2. The fourth-order valence-electron chi connectivity index (χ4n) is 1.72. The highest BCUT2D eigenvalue weighted by atomic mass is 32.1. The van der Waals surface area contributed by atoms with Gasteiger partial charge in [-0.3, -0.25) is 9.59 Å². The summed E-state index contributed by atoms with van der Waals surface area (Å²) in [6.07, 6.45) is 1.96. The number of fused-ring (bicyclic) bond motifs is 1. The number of carbonyl (C=O) groups is 2. The molecule has 2 rings (SSSR count). The molecule has 0 radical (unpaired) electrons. The minimum absolute atomic E-state index is 0.0455. The monoisotopic (exact) mass is 289 g/mol. The smallest absolute Gasteiger partial charge is 0.224 e. The van der Waals surface area contributed by atoms with E-state index in [4.69, 9.17) is 0 Å². The van der Waals surface area contributed by atoms with Gasteiger partial charge in [-0.15, -0.1) is 6.58 Å². The van der Waals surface area contributed by atoms with Crippen LogP contribution < -0.4 is 10.6 Å². The predicted octanol–water partition coefficient (Wildman–Crippen LogP) is 2.10. The zero-order valence-electron chi connectivity index (χ0n) is 11.1. The lowest BCUT2D eigenvalue weighted by molar-refractivity contribution is -0.120. The average molecular weight is 289 g/mol. The van der Waals surface area contributed by atoms with E-state index in [1.165, 1.54) is 18.3 Å². The Morgan fingerprint density at radius 3 is 2.95 bits per heavy atom. The SMILES string of the molecule is C=CCNC(=O)Cc1ccc2nc(NC(C)=O)sc2c1. The van der Waals surface area contributed by atoms with E-state index in [2.05, 4.69) is 22.2 Å². The largest absolute Gasteiger partial charge is 0.352 e. The van der Waals surface area contributed by atoms with Gasteiger partial charge in [0.25, 0.3) is 0 Å². The van der Waals surface area contributed by atoms with Crippen LogP contribution in [0.1, 0.15) is 12.5 Å². The molecule has 0 bridgehead atoms. The van der Waals surface area contributed by atoms with Gasteiger partial charge in [-0.2, -0.15) is 0 Å². The van der Waals surface area contributed by atoms with E-state index in [-0.39, 0.29) is 11.8 Å². The molecular weight excluding hydrogens is 274 g/mol. The molecule has 0 saturated carbocycles. The van der Waals surface area contributed by atoms with Gasteiger partial charge in [-0.05, 0) is 17.7 Å². The number of nitrogens with one attached hydrogen (secondary N) is 2. The second kappa shape index (κ2) is 6.29. The number of amides is 2. The lowest BCUT2D eigenvalue weighted by Gasteiger charge is -2.02. The van der Waals surface area contributed by atoms with Crippen molar-refractivity contribution in [2.75, 3.05) is 11.9 Å². The number of rotatable bonds is 5. The third kappa shape index (κ3) is 3.64. The van der Waals surface area contributed by atoms with Crippen LogP contribution in [0.15, 0.2) is 30.9 Å². The molecular formula is C14H15N3O2S. The van der Waals surface area contributed by atoms with Crippen molar-refractivity contribution in [2.24, 2.45) is 0 Å². The highest BCUT2D eigenvalue weighted by molar-refractivity contribution is 7.22. The Morgan fingerprint density at radius 1 is 1.45 bits per heavy atom. The van der Waals surface area contributed by atoms with E-state index in [1.54, 1.807) is 6.08 Å². The van der Waals surface area contributed by atoms with E-state index in [0.717, 1.165) is 15.8 Å². The van der Waals surface area contributed by atoms with Gasteiger partial charge in [-0.1, -0.05) is 23.5 Å². The number of anilines is 1. The topological polar surface area (TPSA) is 71.1 Å². The van der Waals surface area contributed by atoms with E-state index < -0.39 is 0 Å². The summed E-state index contributed by atoms with van der Waals surface area (Å²) in [5.41, 5.74) is 1.73. The number of aromatic nitrogens is 1. The maximum Gasteiger partial charge on any atom is 0.224 e. The summed E-state index contributed by atoms with van der Waals surface area (Å²) in [7, 11) is 0. The average Bonchev–Trinajstić information content (AvgIpc) is 2.76. The Kier molecular flexibility index (Phi) is 4.47. The third-order valence-electron chi connectivity index (χ3n) is 2.54. The van der Waals surface area contributed by atoms with Crippen molar-refractivity contribution >= 4 is 38.5 Å². The Morgan fingerprint density at radius 2 is 2.25 bits per heavy atom. The van der Waals surface area contributed by atoms with Crippen LogP contribution in [0.3, 0.4) is 0 Å². The highest BCUT2D eigenvalue weighted by Crippen LogP contribution is 2.26. The van der Waals surface area contributed by atoms with Gasteiger partial charge in [0.1, 0.15) is 0 Å². The summed E-state index contributed by atoms with van der Waals surface area (Å²) >= 11 is 1.39. The molecule has 0 fully saturated rings. The second-order valence-corrected chi connectivity index (χ2v) is 5.30. The molecule has 20 heavy (non-hydrogen) atoms. The molecule has 2 amide bonds. The van der Waals surface area contributed by atoms with Crippen molar-refractivity contribution in [3.05, 3.63) is 36.4 Å². The van der Waals surface area contributed by atoms with Crippen molar-refractivity contribution in [3.63, 3.8) is 0 Å². The van der Waals surface area contributed by atoms with Gasteiger partial charge in [-0.25, -0.2) is 4.98 Å². The van der Waals surface area contributed by atoms with E-state index >= 15 is 0 Å². The number of thiazole rings is 1. The molecule has 1 aromatic carbocycles. The zero-order chi connectivity index (χ0) is 14.5. The summed E-state index contributed by atoms with van der Waals surface area (Å²) in [5.74, 6) is -0.191.